The lowest BCUT2D eigenvalue weighted by molar-refractivity contribution is -0.134. The number of rotatable bonds is 3. The standard InChI is InChI=1S/C21H29N3O2.ClH/c25-20-6-5-19(21(26)23-20)17-3-1-15(2-4-17)16-9-13-24(14-10-16)18-7-11-22-12-8-18;/h1-4,16,18-19,22H,5-14H2,(H,23,25,26);1H. The second-order valence-electron chi connectivity index (χ2n) is 7.96. The molecule has 0 spiro atoms. The van der Waals surface area contributed by atoms with Gasteiger partial charge in [-0.15, -0.1) is 12.4 Å². The largest absolute Gasteiger partial charge is 0.317 e. The van der Waals surface area contributed by atoms with Gasteiger partial charge in [-0.3, -0.25) is 14.9 Å². The molecule has 3 fully saturated rings. The van der Waals surface area contributed by atoms with Gasteiger partial charge in [-0.2, -0.15) is 0 Å². The Morgan fingerprint density at radius 3 is 2.11 bits per heavy atom. The maximum Gasteiger partial charge on any atom is 0.234 e. The van der Waals surface area contributed by atoms with Crippen LogP contribution in [0.3, 0.4) is 0 Å². The van der Waals surface area contributed by atoms with Crippen molar-refractivity contribution in [2.45, 2.75) is 56.4 Å². The topological polar surface area (TPSA) is 61.4 Å². The van der Waals surface area contributed by atoms with Crippen molar-refractivity contribution in [2.75, 3.05) is 26.2 Å². The third-order valence-corrected chi connectivity index (χ3v) is 6.40. The molecule has 2 amide bonds. The smallest absolute Gasteiger partial charge is 0.234 e. The first-order valence-electron chi connectivity index (χ1n) is 10.1. The van der Waals surface area contributed by atoms with E-state index in [1.54, 1.807) is 0 Å². The van der Waals surface area contributed by atoms with E-state index in [1.807, 2.05) is 0 Å². The molecule has 1 atom stereocenters. The highest BCUT2D eigenvalue weighted by molar-refractivity contribution is 6.00. The van der Waals surface area contributed by atoms with Crippen molar-refractivity contribution in [3.63, 3.8) is 0 Å². The van der Waals surface area contributed by atoms with Crippen LogP contribution in [0.1, 0.15) is 61.5 Å². The van der Waals surface area contributed by atoms with E-state index in [2.05, 4.69) is 39.8 Å². The zero-order valence-electron chi connectivity index (χ0n) is 15.8. The lowest BCUT2D eigenvalue weighted by atomic mass is 9.85. The molecule has 27 heavy (non-hydrogen) atoms. The Kier molecular flexibility index (Phi) is 6.90. The fourth-order valence-corrected chi connectivity index (χ4v) is 4.78. The van der Waals surface area contributed by atoms with Crippen molar-refractivity contribution in [3.8, 4) is 0 Å². The molecule has 3 heterocycles. The van der Waals surface area contributed by atoms with Crippen LogP contribution in [-0.4, -0.2) is 48.9 Å². The van der Waals surface area contributed by atoms with Gasteiger partial charge < -0.3 is 10.2 Å². The van der Waals surface area contributed by atoms with E-state index < -0.39 is 0 Å². The molecule has 0 aliphatic carbocycles. The molecular formula is C21H30ClN3O2. The minimum absolute atomic E-state index is 0. The molecular weight excluding hydrogens is 362 g/mol. The van der Waals surface area contributed by atoms with Crippen molar-refractivity contribution in [1.29, 1.82) is 0 Å². The quantitative estimate of drug-likeness (QED) is 0.777. The summed E-state index contributed by atoms with van der Waals surface area (Å²) in [4.78, 5) is 26.0. The maximum absolute atomic E-state index is 12.0. The predicted molar refractivity (Wildman–Crippen MR) is 108 cm³/mol. The monoisotopic (exact) mass is 391 g/mol. The van der Waals surface area contributed by atoms with Crippen LogP contribution in [-0.2, 0) is 9.59 Å². The highest BCUT2D eigenvalue weighted by Crippen LogP contribution is 2.32. The molecule has 4 rings (SSSR count). The molecule has 0 bridgehead atoms. The Balaban J connectivity index is 0.00000210. The number of nitrogens with zero attached hydrogens (tertiary/aromatic N) is 1. The highest BCUT2D eigenvalue weighted by Gasteiger charge is 2.29. The van der Waals surface area contributed by atoms with Gasteiger partial charge in [0.05, 0.1) is 5.92 Å². The van der Waals surface area contributed by atoms with Crippen molar-refractivity contribution < 1.29 is 9.59 Å². The van der Waals surface area contributed by atoms with Gasteiger partial charge in [0.25, 0.3) is 0 Å². The molecule has 0 saturated carbocycles. The minimum Gasteiger partial charge on any atom is -0.317 e. The Morgan fingerprint density at radius 1 is 0.852 bits per heavy atom. The lowest BCUT2D eigenvalue weighted by Crippen LogP contribution is -2.46. The van der Waals surface area contributed by atoms with Crippen molar-refractivity contribution in [2.24, 2.45) is 0 Å². The predicted octanol–water partition coefficient (Wildman–Crippen LogP) is 2.56. The number of nitrogens with one attached hydrogen (secondary N) is 2. The van der Waals surface area contributed by atoms with Gasteiger partial charge in [-0.1, -0.05) is 24.3 Å². The molecule has 1 aromatic carbocycles. The zero-order chi connectivity index (χ0) is 17.9. The minimum atomic E-state index is -0.177. The number of halogens is 1. The van der Waals surface area contributed by atoms with Crippen molar-refractivity contribution in [1.82, 2.24) is 15.5 Å². The van der Waals surface area contributed by atoms with Gasteiger partial charge in [0.15, 0.2) is 0 Å². The third kappa shape index (κ3) is 4.71. The van der Waals surface area contributed by atoms with Crippen LogP contribution in [0.4, 0.5) is 0 Å². The second-order valence-corrected chi connectivity index (χ2v) is 7.96. The molecule has 3 saturated heterocycles. The number of carbonyl (C=O) groups excluding carboxylic acids is 2. The van der Waals surface area contributed by atoms with Crippen LogP contribution in [0.15, 0.2) is 24.3 Å². The number of amides is 2. The van der Waals surface area contributed by atoms with Crippen LogP contribution in [0.25, 0.3) is 0 Å². The summed E-state index contributed by atoms with van der Waals surface area (Å²) in [5.41, 5.74) is 2.43. The van der Waals surface area contributed by atoms with Crippen LogP contribution >= 0.6 is 12.4 Å². The summed E-state index contributed by atoms with van der Waals surface area (Å²) in [6.45, 7) is 4.72. The van der Waals surface area contributed by atoms with Crippen molar-refractivity contribution >= 4 is 24.2 Å². The van der Waals surface area contributed by atoms with E-state index in [9.17, 15) is 9.59 Å². The molecule has 3 aliphatic heterocycles. The molecule has 0 aromatic heterocycles. The van der Waals surface area contributed by atoms with Gasteiger partial charge in [0, 0.05) is 12.5 Å². The molecule has 0 radical (unpaired) electrons. The van der Waals surface area contributed by atoms with E-state index >= 15 is 0 Å². The van der Waals surface area contributed by atoms with E-state index in [1.165, 1.54) is 44.3 Å². The van der Waals surface area contributed by atoms with Crippen LogP contribution in [0.2, 0.25) is 0 Å². The molecule has 1 unspecified atom stereocenters. The first kappa shape index (κ1) is 20.3. The van der Waals surface area contributed by atoms with Gasteiger partial charge in [-0.25, -0.2) is 0 Å². The molecule has 5 nitrogen and oxygen atoms in total. The van der Waals surface area contributed by atoms with Crippen LogP contribution < -0.4 is 10.6 Å². The Hall–Kier alpha value is -1.43. The molecule has 2 N–H and O–H groups in total. The number of carbonyl (C=O) groups is 2. The summed E-state index contributed by atoms with van der Waals surface area (Å²) in [6, 6.07) is 9.35. The third-order valence-electron chi connectivity index (χ3n) is 6.40. The number of hydrogen-bond donors (Lipinski definition) is 2. The summed E-state index contributed by atoms with van der Waals surface area (Å²) >= 11 is 0. The summed E-state index contributed by atoms with van der Waals surface area (Å²) < 4.78 is 0. The molecule has 6 heteroatoms. The Bertz CT molecular complexity index is 650. The normalized spacial score (nSPS) is 25.7. The van der Waals surface area contributed by atoms with Crippen LogP contribution in [0, 0.1) is 0 Å². The zero-order valence-corrected chi connectivity index (χ0v) is 16.6. The summed E-state index contributed by atoms with van der Waals surface area (Å²) in [6.07, 6.45) is 6.08. The molecule has 1 aromatic rings. The average molecular weight is 392 g/mol. The van der Waals surface area contributed by atoms with Crippen LogP contribution in [0.5, 0.6) is 0 Å². The van der Waals surface area contributed by atoms with E-state index in [-0.39, 0.29) is 30.1 Å². The van der Waals surface area contributed by atoms with E-state index in [4.69, 9.17) is 0 Å². The number of likely N-dealkylation sites (tertiary alicyclic amines) is 1. The summed E-state index contributed by atoms with van der Waals surface area (Å²) in [5.74, 6) is 0.153. The van der Waals surface area contributed by atoms with E-state index in [0.29, 0.717) is 18.8 Å². The van der Waals surface area contributed by atoms with Crippen molar-refractivity contribution in [3.05, 3.63) is 35.4 Å². The van der Waals surface area contributed by atoms with Gasteiger partial charge >= 0.3 is 0 Å². The average Bonchev–Trinajstić information content (AvgIpc) is 2.69. The number of imide groups is 1. The van der Waals surface area contributed by atoms with Gasteiger partial charge in [-0.05, 0) is 75.3 Å². The fraction of sp³-hybridized carbons (Fsp3) is 0.619. The molecule has 148 valence electrons. The molecule has 3 aliphatic rings. The number of benzene rings is 1. The van der Waals surface area contributed by atoms with Gasteiger partial charge in [0.2, 0.25) is 11.8 Å². The van der Waals surface area contributed by atoms with Gasteiger partial charge in [0.1, 0.15) is 0 Å². The SMILES string of the molecule is Cl.O=C1CCC(c2ccc(C3CCN(C4CCNCC4)CC3)cc2)C(=O)N1. The lowest BCUT2D eigenvalue weighted by Gasteiger charge is -2.39. The Morgan fingerprint density at radius 2 is 1.48 bits per heavy atom. The maximum atomic E-state index is 12.0. The Labute approximate surface area is 167 Å². The second kappa shape index (κ2) is 9.18. The summed E-state index contributed by atoms with van der Waals surface area (Å²) in [7, 11) is 0. The summed E-state index contributed by atoms with van der Waals surface area (Å²) in [5, 5.41) is 5.91. The van der Waals surface area contributed by atoms with E-state index in [0.717, 1.165) is 24.7 Å². The number of piperidine rings is 3. The first-order chi connectivity index (χ1) is 12.7. The fourth-order valence-electron chi connectivity index (χ4n) is 4.78. The first-order valence-corrected chi connectivity index (χ1v) is 10.1. The number of hydrogen-bond acceptors (Lipinski definition) is 4. The highest BCUT2D eigenvalue weighted by atomic mass is 35.5.